The van der Waals surface area contributed by atoms with Crippen molar-refractivity contribution in [3.8, 4) is 0 Å². The average molecular weight is 357 g/mol. The third kappa shape index (κ3) is 5.45. The Morgan fingerprint density at radius 1 is 1.16 bits per heavy atom. The minimum absolute atomic E-state index is 0. The minimum Gasteiger partial charge on any atom is -0.326 e. The summed E-state index contributed by atoms with van der Waals surface area (Å²) in [6.07, 6.45) is 7.45. The van der Waals surface area contributed by atoms with E-state index in [-0.39, 0.29) is 18.3 Å². The Labute approximate surface area is 155 Å². The fraction of sp³-hybridized carbons (Fsp3) is 0.286. The zero-order valence-corrected chi connectivity index (χ0v) is 15.3. The van der Waals surface area contributed by atoms with Crippen LogP contribution >= 0.6 is 12.4 Å². The average Bonchev–Trinajstić information content (AvgIpc) is 2.59. The molecule has 1 aliphatic carbocycles. The second kappa shape index (κ2) is 9.40. The molecule has 0 fully saturated rings. The zero-order valence-electron chi connectivity index (χ0n) is 14.5. The van der Waals surface area contributed by atoms with Gasteiger partial charge < -0.3 is 10.6 Å². The molecule has 0 saturated carbocycles. The van der Waals surface area contributed by atoms with E-state index in [2.05, 4.69) is 53.1 Å². The van der Waals surface area contributed by atoms with E-state index in [1.165, 1.54) is 16.7 Å². The number of halogens is 1. The Balaban J connectivity index is 0.00000225. The van der Waals surface area contributed by atoms with E-state index in [0.29, 0.717) is 6.04 Å². The number of anilines is 1. The molecule has 132 valence electrons. The lowest BCUT2D eigenvalue weighted by Crippen LogP contribution is -2.34. The maximum absolute atomic E-state index is 11.3. The van der Waals surface area contributed by atoms with E-state index in [4.69, 9.17) is 0 Å². The number of carbonyl (C=O) groups excluding carboxylic acids is 1. The van der Waals surface area contributed by atoms with Crippen LogP contribution in [0.4, 0.5) is 5.69 Å². The minimum atomic E-state index is -0.00491. The van der Waals surface area contributed by atoms with Gasteiger partial charge in [0.15, 0.2) is 0 Å². The van der Waals surface area contributed by atoms with E-state index in [1.54, 1.807) is 6.92 Å². The van der Waals surface area contributed by atoms with Crippen LogP contribution in [0, 0.1) is 0 Å². The second-order valence-electron chi connectivity index (χ2n) is 6.29. The maximum atomic E-state index is 11.3. The molecule has 25 heavy (non-hydrogen) atoms. The molecule has 0 heterocycles. The first-order chi connectivity index (χ1) is 11.7. The molecular formula is C21H25ClN2O. The van der Waals surface area contributed by atoms with Crippen molar-refractivity contribution in [2.45, 2.75) is 32.2 Å². The predicted molar refractivity (Wildman–Crippen MR) is 107 cm³/mol. The van der Waals surface area contributed by atoms with Crippen LogP contribution in [0.2, 0.25) is 0 Å². The van der Waals surface area contributed by atoms with Gasteiger partial charge in [0.2, 0.25) is 5.91 Å². The number of hydrogen-bond donors (Lipinski definition) is 2. The molecular weight excluding hydrogens is 332 g/mol. The SMILES string of the molecule is CC(=O)Nc1cccc2c1CCC(NCC=Cc1ccccc1)C2.Cl. The molecule has 1 atom stereocenters. The summed E-state index contributed by atoms with van der Waals surface area (Å²) < 4.78 is 0. The highest BCUT2D eigenvalue weighted by atomic mass is 35.5. The standard InChI is InChI=1S/C21H24N2O.ClH/c1-16(24)23-21-11-5-10-18-15-19(12-13-20(18)21)22-14-6-9-17-7-3-2-4-8-17;/h2-11,19,22H,12-15H2,1H3,(H,23,24);1H. The van der Waals surface area contributed by atoms with Crippen LogP contribution in [0.5, 0.6) is 0 Å². The Kier molecular flexibility index (Phi) is 7.23. The van der Waals surface area contributed by atoms with Crippen molar-refractivity contribution in [3.05, 3.63) is 71.3 Å². The van der Waals surface area contributed by atoms with Gasteiger partial charge in [-0.15, -0.1) is 12.4 Å². The molecule has 3 rings (SSSR count). The highest BCUT2D eigenvalue weighted by Crippen LogP contribution is 2.28. The van der Waals surface area contributed by atoms with Gasteiger partial charge in [0.05, 0.1) is 0 Å². The number of hydrogen-bond acceptors (Lipinski definition) is 2. The van der Waals surface area contributed by atoms with E-state index >= 15 is 0 Å². The van der Waals surface area contributed by atoms with Crippen LogP contribution in [-0.4, -0.2) is 18.5 Å². The van der Waals surface area contributed by atoms with E-state index in [0.717, 1.165) is 31.5 Å². The largest absolute Gasteiger partial charge is 0.326 e. The predicted octanol–water partition coefficient (Wildman–Crippen LogP) is 4.23. The van der Waals surface area contributed by atoms with Crippen molar-refractivity contribution in [2.75, 3.05) is 11.9 Å². The summed E-state index contributed by atoms with van der Waals surface area (Å²) in [5.74, 6) is -0.00491. The Morgan fingerprint density at radius 2 is 1.96 bits per heavy atom. The third-order valence-corrected chi connectivity index (χ3v) is 4.43. The molecule has 2 aromatic carbocycles. The summed E-state index contributed by atoms with van der Waals surface area (Å²) in [6.45, 7) is 2.44. The molecule has 0 bridgehead atoms. The Hall–Kier alpha value is -2.10. The summed E-state index contributed by atoms with van der Waals surface area (Å²) in [6, 6.07) is 17.0. The van der Waals surface area contributed by atoms with Crippen LogP contribution in [0.1, 0.15) is 30.0 Å². The van der Waals surface area contributed by atoms with Gasteiger partial charge in [-0.05, 0) is 42.0 Å². The molecule has 1 amide bonds. The lowest BCUT2D eigenvalue weighted by atomic mass is 9.87. The van der Waals surface area contributed by atoms with Gasteiger partial charge in [0.1, 0.15) is 0 Å². The first-order valence-electron chi connectivity index (χ1n) is 8.55. The molecule has 0 spiro atoms. The van der Waals surface area contributed by atoms with Crippen molar-refractivity contribution < 1.29 is 4.79 Å². The maximum Gasteiger partial charge on any atom is 0.221 e. The number of rotatable bonds is 5. The van der Waals surface area contributed by atoms with E-state index in [1.807, 2.05) is 18.2 Å². The Bertz CT molecular complexity index is 728. The number of amides is 1. The number of nitrogens with one attached hydrogen (secondary N) is 2. The summed E-state index contributed by atoms with van der Waals surface area (Å²) >= 11 is 0. The molecule has 0 saturated heterocycles. The van der Waals surface area contributed by atoms with Crippen molar-refractivity contribution in [3.63, 3.8) is 0 Å². The van der Waals surface area contributed by atoms with Crippen molar-refractivity contribution in [2.24, 2.45) is 0 Å². The van der Waals surface area contributed by atoms with Gasteiger partial charge in [-0.1, -0.05) is 54.6 Å². The smallest absolute Gasteiger partial charge is 0.221 e. The van der Waals surface area contributed by atoms with Crippen molar-refractivity contribution in [1.29, 1.82) is 0 Å². The summed E-state index contributed by atoms with van der Waals surface area (Å²) in [4.78, 5) is 11.3. The molecule has 2 aromatic rings. The van der Waals surface area contributed by atoms with E-state index in [9.17, 15) is 4.79 Å². The Morgan fingerprint density at radius 3 is 2.72 bits per heavy atom. The van der Waals surface area contributed by atoms with Gasteiger partial charge in [-0.25, -0.2) is 0 Å². The number of fused-ring (bicyclic) bond motifs is 1. The molecule has 0 aliphatic heterocycles. The van der Waals surface area contributed by atoms with E-state index < -0.39 is 0 Å². The number of benzene rings is 2. The topological polar surface area (TPSA) is 41.1 Å². The van der Waals surface area contributed by atoms with Gasteiger partial charge in [0.25, 0.3) is 0 Å². The fourth-order valence-corrected chi connectivity index (χ4v) is 3.28. The van der Waals surface area contributed by atoms with Gasteiger partial charge in [0, 0.05) is 25.2 Å². The van der Waals surface area contributed by atoms with Crippen molar-refractivity contribution in [1.82, 2.24) is 5.32 Å². The highest BCUT2D eigenvalue weighted by molar-refractivity contribution is 5.89. The highest BCUT2D eigenvalue weighted by Gasteiger charge is 2.20. The first-order valence-corrected chi connectivity index (χ1v) is 8.55. The molecule has 1 aliphatic rings. The lowest BCUT2D eigenvalue weighted by Gasteiger charge is -2.27. The van der Waals surface area contributed by atoms with Gasteiger partial charge in [-0.2, -0.15) is 0 Å². The second-order valence-corrected chi connectivity index (χ2v) is 6.29. The van der Waals surface area contributed by atoms with Gasteiger partial charge in [-0.3, -0.25) is 4.79 Å². The quantitative estimate of drug-likeness (QED) is 0.841. The van der Waals surface area contributed by atoms with Crippen molar-refractivity contribution >= 4 is 30.1 Å². The fourth-order valence-electron chi connectivity index (χ4n) is 3.28. The summed E-state index contributed by atoms with van der Waals surface area (Å²) in [5, 5.41) is 6.57. The summed E-state index contributed by atoms with van der Waals surface area (Å²) in [7, 11) is 0. The first kappa shape index (κ1) is 19.2. The molecule has 3 nitrogen and oxygen atoms in total. The van der Waals surface area contributed by atoms with Crippen LogP contribution in [-0.2, 0) is 17.6 Å². The van der Waals surface area contributed by atoms with Crippen LogP contribution in [0.25, 0.3) is 6.08 Å². The van der Waals surface area contributed by atoms with Gasteiger partial charge >= 0.3 is 0 Å². The summed E-state index contributed by atoms with van der Waals surface area (Å²) in [5.41, 5.74) is 4.85. The molecule has 4 heteroatoms. The van der Waals surface area contributed by atoms with Crippen LogP contribution in [0.15, 0.2) is 54.6 Å². The van der Waals surface area contributed by atoms with Crippen LogP contribution in [0.3, 0.4) is 0 Å². The monoisotopic (exact) mass is 356 g/mol. The normalized spacial score (nSPS) is 16.1. The molecule has 1 unspecified atom stereocenters. The number of carbonyl (C=O) groups is 1. The molecule has 0 radical (unpaired) electrons. The lowest BCUT2D eigenvalue weighted by molar-refractivity contribution is -0.114. The molecule has 2 N–H and O–H groups in total. The van der Waals surface area contributed by atoms with Crippen LogP contribution < -0.4 is 10.6 Å². The molecule has 0 aromatic heterocycles. The third-order valence-electron chi connectivity index (χ3n) is 4.43. The zero-order chi connectivity index (χ0) is 16.8.